The Labute approximate surface area is 105 Å². The predicted molar refractivity (Wildman–Crippen MR) is 68.3 cm³/mol. The first-order chi connectivity index (χ1) is 8.56. The zero-order chi connectivity index (χ0) is 13.1. The molecule has 1 aromatic heterocycles. The quantitative estimate of drug-likeness (QED) is 0.790. The molecule has 2 rings (SSSR count). The van der Waals surface area contributed by atoms with Crippen LogP contribution in [-0.2, 0) is 13.7 Å². The van der Waals surface area contributed by atoms with E-state index in [1.54, 1.807) is 7.05 Å². The van der Waals surface area contributed by atoms with Crippen molar-refractivity contribution in [1.82, 2.24) is 20.2 Å². The van der Waals surface area contributed by atoms with E-state index in [1.165, 1.54) is 4.80 Å². The van der Waals surface area contributed by atoms with Gasteiger partial charge in [0.2, 0.25) is 5.82 Å². The maximum absolute atomic E-state index is 5.85. The molecule has 1 heterocycles. The number of nitrogens with zero attached hydrogens (tertiary/aromatic N) is 5. The van der Waals surface area contributed by atoms with E-state index in [-0.39, 0.29) is 6.61 Å². The van der Waals surface area contributed by atoms with Crippen molar-refractivity contribution in [2.45, 2.75) is 6.61 Å². The molecule has 0 aliphatic rings. The number of aromatic nitrogens is 4. The van der Waals surface area contributed by atoms with Gasteiger partial charge in [-0.3, -0.25) is 0 Å². The fourth-order valence-electron chi connectivity index (χ4n) is 1.45. The van der Waals surface area contributed by atoms with Crippen LogP contribution < -0.4 is 15.4 Å². The molecule has 2 aromatic rings. The average molecular weight is 248 g/mol. The van der Waals surface area contributed by atoms with Gasteiger partial charge in [-0.25, -0.2) is 0 Å². The lowest BCUT2D eigenvalue weighted by molar-refractivity contribution is 0.297. The Balaban J connectivity index is 2.10. The van der Waals surface area contributed by atoms with Gasteiger partial charge in [0.25, 0.3) is 0 Å². The molecule has 0 spiro atoms. The standard InChI is InChI=1S/C11H16N6O/c1-16(2)8-4-5-9(12)10(6-8)18-7-11-13-15-17(3)14-11/h4-6H,7,12H2,1-3H3. The minimum Gasteiger partial charge on any atom is -0.483 e. The molecule has 0 saturated heterocycles. The van der Waals surface area contributed by atoms with E-state index in [4.69, 9.17) is 10.5 Å². The molecule has 0 radical (unpaired) electrons. The van der Waals surface area contributed by atoms with Gasteiger partial charge in [-0.1, -0.05) is 0 Å². The predicted octanol–water partition coefficient (Wildman–Crippen LogP) is 0.437. The molecule has 0 saturated carbocycles. The summed E-state index contributed by atoms with van der Waals surface area (Å²) >= 11 is 0. The second-order valence-electron chi connectivity index (χ2n) is 4.10. The van der Waals surface area contributed by atoms with Crippen LogP contribution in [0, 0.1) is 0 Å². The van der Waals surface area contributed by atoms with Gasteiger partial charge in [0, 0.05) is 25.8 Å². The lowest BCUT2D eigenvalue weighted by Gasteiger charge is -2.15. The van der Waals surface area contributed by atoms with E-state index < -0.39 is 0 Å². The highest BCUT2D eigenvalue weighted by molar-refractivity contribution is 5.61. The summed E-state index contributed by atoms with van der Waals surface area (Å²) < 4.78 is 5.60. The van der Waals surface area contributed by atoms with E-state index in [2.05, 4.69) is 15.4 Å². The fourth-order valence-corrected chi connectivity index (χ4v) is 1.45. The van der Waals surface area contributed by atoms with Crippen LogP contribution in [0.1, 0.15) is 5.82 Å². The molecule has 0 fully saturated rings. The van der Waals surface area contributed by atoms with Crippen molar-refractivity contribution in [2.75, 3.05) is 24.7 Å². The third-order valence-corrected chi connectivity index (χ3v) is 2.42. The first-order valence-electron chi connectivity index (χ1n) is 5.49. The lowest BCUT2D eigenvalue weighted by Crippen LogP contribution is -2.09. The summed E-state index contributed by atoms with van der Waals surface area (Å²) in [6.45, 7) is 0.245. The summed E-state index contributed by atoms with van der Waals surface area (Å²) in [5.74, 6) is 1.14. The zero-order valence-corrected chi connectivity index (χ0v) is 10.7. The smallest absolute Gasteiger partial charge is 0.212 e. The Hall–Kier alpha value is -2.31. The van der Waals surface area contributed by atoms with Gasteiger partial charge in [0.15, 0.2) is 6.61 Å². The summed E-state index contributed by atoms with van der Waals surface area (Å²) in [5.41, 5.74) is 7.46. The van der Waals surface area contributed by atoms with Crippen molar-refractivity contribution in [3.63, 3.8) is 0 Å². The molecule has 0 unspecified atom stereocenters. The molecular formula is C11H16N6O. The van der Waals surface area contributed by atoms with Gasteiger partial charge in [-0.05, 0) is 17.3 Å². The average Bonchev–Trinajstić information content (AvgIpc) is 2.74. The highest BCUT2D eigenvalue weighted by atomic mass is 16.5. The highest BCUT2D eigenvalue weighted by Gasteiger charge is 2.06. The second kappa shape index (κ2) is 4.91. The maximum atomic E-state index is 5.85. The fraction of sp³-hybridized carbons (Fsp3) is 0.364. The Morgan fingerprint density at radius 2 is 2.17 bits per heavy atom. The molecule has 1 aromatic carbocycles. The number of aryl methyl sites for hydroxylation is 1. The van der Waals surface area contributed by atoms with Crippen LogP contribution in [0.5, 0.6) is 5.75 Å². The van der Waals surface area contributed by atoms with Crippen molar-refractivity contribution in [3.8, 4) is 5.75 Å². The van der Waals surface area contributed by atoms with Crippen molar-refractivity contribution in [3.05, 3.63) is 24.0 Å². The number of nitrogens with two attached hydrogens (primary N) is 1. The minimum absolute atomic E-state index is 0.245. The van der Waals surface area contributed by atoms with Gasteiger partial charge in [0.05, 0.1) is 12.7 Å². The number of tetrazole rings is 1. The van der Waals surface area contributed by atoms with Crippen LogP contribution in [-0.4, -0.2) is 34.3 Å². The number of benzene rings is 1. The molecule has 0 bridgehead atoms. The molecule has 0 amide bonds. The third kappa shape index (κ3) is 2.68. The SMILES string of the molecule is CN(C)c1ccc(N)c(OCc2nnn(C)n2)c1. The summed E-state index contributed by atoms with van der Waals surface area (Å²) in [7, 11) is 5.62. The van der Waals surface area contributed by atoms with E-state index in [0.29, 0.717) is 17.3 Å². The summed E-state index contributed by atoms with van der Waals surface area (Å²) in [6.07, 6.45) is 0. The molecule has 7 nitrogen and oxygen atoms in total. The monoisotopic (exact) mass is 248 g/mol. The molecule has 0 aliphatic heterocycles. The number of ether oxygens (including phenoxy) is 1. The van der Waals surface area contributed by atoms with E-state index in [1.807, 2.05) is 37.2 Å². The molecule has 7 heteroatoms. The lowest BCUT2D eigenvalue weighted by atomic mass is 10.2. The number of anilines is 2. The van der Waals surface area contributed by atoms with Gasteiger partial charge in [0.1, 0.15) is 5.75 Å². The summed E-state index contributed by atoms with van der Waals surface area (Å²) in [6, 6.07) is 5.63. The number of nitrogen functional groups attached to an aromatic ring is 1. The van der Waals surface area contributed by atoms with Crippen LogP contribution in [0.4, 0.5) is 11.4 Å². The van der Waals surface area contributed by atoms with Crippen LogP contribution in [0.3, 0.4) is 0 Å². The van der Waals surface area contributed by atoms with Crippen molar-refractivity contribution < 1.29 is 4.74 Å². The Morgan fingerprint density at radius 1 is 1.39 bits per heavy atom. The molecule has 18 heavy (non-hydrogen) atoms. The van der Waals surface area contributed by atoms with Gasteiger partial charge in [-0.15, -0.1) is 10.2 Å². The largest absolute Gasteiger partial charge is 0.483 e. The van der Waals surface area contributed by atoms with Gasteiger partial charge >= 0.3 is 0 Å². The van der Waals surface area contributed by atoms with E-state index in [9.17, 15) is 0 Å². The zero-order valence-electron chi connectivity index (χ0n) is 10.7. The van der Waals surface area contributed by atoms with E-state index >= 15 is 0 Å². The Bertz CT molecular complexity index is 536. The highest BCUT2D eigenvalue weighted by Crippen LogP contribution is 2.27. The molecular weight excluding hydrogens is 232 g/mol. The minimum atomic E-state index is 0.245. The Kier molecular flexibility index (Phi) is 3.31. The topological polar surface area (TPSA) is 82.1 Å². The molecule has 0 atom stereocenters. The molecule has 96 valence electrons. The Morgan fingerprint density at radius 3 is 2.78 bits per heavy atom. The summed E-state index contributed by atoms with van der Waals surface area (Å²) in [4.78, 5) is 3.37. The van der Waals surface area contributed by atoms with E-state index in [0.717, 1.165) is 5.69 Å². The third-order valence-electron chi connectivity index (χ3n) is 2.42. The maximum Gasteiger partial charge on any atom is 0.212 e. The van der Waals surface area contributed by atoms with Crippen molar-refractivity contribution >= 4 is 11.4 Å². The normalized spacial score (nSPS) is 10.4. The van der Waals surface area contributed by atoms with Gasteiger partial charge < -0.3 is 15.4 Å². The number of hydrogen-bond donors (Lipinski definition) is 1. The number of hydrogen-bond acceptors (Lipinski definition) is 6. The summed E-state index contributed by atoms with van der Waals surface area (Å²) in [5, 5.41) is 11.6. The van der Waals surface area contributed by atoms with Crippen molar-refractivity contribution in [1.29, 1.82) is 0 Å². The van der Waals surface area contributed by atoms with Crippen LogP contribution in [0.2, 0.25) is 0 Å². The molecule has 2 N–H and O–H groups in total. The first kappa shape index (κ1) is 12.2. The van der Waals surface area contributed by atoms with Crippen molar-refractivity contribution in [2.24, 2.45) is 7.05 Å². The first-order valence-corrected chi connectivity index (χ1v) is 5.49. The van der Waals surface area contributed by atoms with Crippen LogP contribution in [0.25, 0.3) is 0 Å². The molecule has 0 aliphatic carbocycles. The van der Waals surface area contributed by atoms with Crippen LogP contribution in [0.15, 0.2) is 18.2 Å². The van der Waals surface area contributed by atoms with Crippen LogP contribution >= 0.6 is 0 Å². The second-order valence-corrected chi connectivity index (χ2v) is 4.10. The number of rotatable bonds is 4. The van der Waals surface area contributed by atoms with Gasteiger partial charge in [-0.2, -0.15) is 4.80 Å².